The molecule has 1 rings (SSSR count). The summed E-state index contributed by atoms with van der Waals surface area (Å²) in [6.45, 7) is 3.49. The minimum atomic E-state index is -0.908. The molecule has 1 aromatic heterocycles. The Morgan fingerprint density at radius 1 is 1.37 bits per heavy atom. The van der Waals surface area contributed by atoms with Crippen LogP contribution in [0.5, 0.6) is 0 Å². The van der Waals surface area contributed by atoms with Crippen LogP contribution in [0.1, 0.15) is 19.4 Å². The Kier molecular flexibility index (Phi) is 4.31. The van der Waals surface area contributed by atoms with E-state index in [0.717, 1.165) is 4.57 Å². The van der Waals surface area contributed by atoms with E-state index >= 15 is 0 Å². The largest absolute Gasteiger partial charge is 0.468 e. The van der Waals surface area contributed by atoms with Gasteiger partial charge in [0.05, 0.1) is 7.11 Å². The number of carbonyl (C=O) groups excluding carboxylic acids is 1. The molecule has 7 nitrogen and oxygen atoms in total. The highest BCUT2D eigenvalue weighted by atomic mass is 16.5. The molecular formula is C12H19N3O4. The van der Waals surface area contributed by atoms with Gasteiger partial charge in [-0.1, -0.05) is 0 Å². The number of aryl methyl sites for hydroxylation is 1. The number of nitrogens with zero attached hydrogens (tertiary/aromatic N) is 2. The van der Waals surface area contributed by atoms with Gasteiger partial charge in [0.1, 0.15) is 5.54 Å². The zero-order valence-electron chi connectivity index (χ0n) is 11.8. The molecule has 1 heterocycles. The minimum Gasteiger partial charge on any atom is -0.468 e. The van der Waals surface area contributed by atoms with E-state index in [9.17, 15) is 14.4 Å². The number of aromatic nitrogens is 2. The summed E-state index contributed by atoms with van der Waals surface area (Å²) in [4.78, 5) is 34.9. The number of hydrogen-bond acceptors (Lipinski definition) is 5. The van der Waals surface area contributed by atoms with Crippen LogP contribution in [-0.4, -0.2) is 27.8 Å². The van der Waals surface area contributed by atoms with E-state index in [4.69, 9.17) is 0 Å². The molecule has 106 valence electrons. The molecule has 0 unspecified atom stereocenters. The fourth-order valence-electron chi connectivity index (χ4n) is 1.65. The highest BCUT2D eigenvalue weighted by Gasteiger charge is 2.28. The summed E-state index contributed by atoms with van der Waals surface area (Å²) in [5, 5.41) is 2.94. The van der Waals surface area contributed by atoms with Crippen molar-refractivity contribution in [3.8, 4) is 0 Å². The zero-order chi connectivity index (χ0) is 14.8. The Balaban J connectivity index is 3.00. The Morgan fingerprint density at radius 2 is 1.95 bits per heavy atom. The first kappa shape index (κ1) is 15.2. The highest BCUT2D eigenvalue weighted by Crippen LogP contribution is 2.05. The van der Waals surface area contributed by atoms with Gasteiger partial charge >= 0.3 is 11.7 Å². The van der Waals surface area contributed by atoms with E-state index in [-0.39, 0.29) is 17.8 Å². The molecule has 19 heavy (non-hydrogen) atoms. The van der Waals surface area contributed by atoms with Crippen LogP contribution >= 0.6 is 0 Å². The van der Waals surface area contributed by atoms with Gasteiger partial charge in [-0.15, -0.1) is 0 Å². The third-order valence-electron chi connectivity index (χ3n) is 2.93. The lowest BCUT2D eigenvalue weighted by Crippen LogP contribution is -2.48. The normalized spacial score (nSPS) is 11.4. The average molecular weight is 269 g/mol. The fourth-order valence-corrected chi connectivity index (χ4v) is 1.65. The van der Waals surface area contributed by atoms with Crippen LogP contribution in [0.3, 0.4) is 0 Å². The number of methoxy groups -OCH3 is 1. The number of esters is 1. The van der Waals surface area contributed by atoms with Crippen LogP contribution in [0.2, 0.25) is 0 Å². The summed E-state index contributed by atoms with van der Waals surface area (Å²) in [6.07, 6.45) is 1.46. The second-order valence-electron chi connectivity index (χ2n) is 4.88. The maximum atomic E-state index is 11.9. The lowest BCUT2D eigenvalue weighted by molar-refractivity contribution is -0.147. The molecule has 0 aliphatic carbocycles. The van der Waals surface area contributed by atoms with Crippen molar-refractivity contribution in [2.75, 3.05) is 7.11 Å². The van der Waals surface area contributed by atoms with Crippen LogP contribution in [0.4, 0.5) is 0 Å². The van der Waals surface area contributed by atoms with Crippen LogP contribution < -0.4 is 16.6 Å². The number of nitrogens with one attached hydrogen (secondary N) is 1. The van der Waals surface area contributed by atoms with Crippen molar-refractivity contribution in [2.24, 2.45) is 14.1 Å². The monoisotopic (exact) mass is 269 g/mol. The lowest BCUT2D eigenvalue weighted by Gasteiger charge is -2.23. The molecule has 7 heteroatoms. The summed E-state index contributed by atoms with van der Waals surface area (Å²) < 4.78 is 7.01. The van der Waals surface area contributed by atoms with Crippen molar-refractivity contribution in [3.05, 3.63) is 32.6 Å². The van der Waals surface area contributed by atoms with Gasteiger partial charge in [0.2, 0.25) is 0 Å². The summed E-state index contributed by atoms with van der Waals surface area (Å²) >= 11 is 0. The molecule has 0 bridgehead atoms. The second-order valence-corrected chi connectivity index (χ2v) is 4.88. The van der Waals surface area contributed by atoms with Crippen molar-refractivity contribution >= 4 is 5.97 Å². The number of hydrogen-bond donors (Lipinski definition) is 1. The second kappa shape index (κ2) is 5.40. The van der Waals surface area contributed by atoms with Crippen molar-refractivity contribution in [1.82, 2.24) is 14.5 Å². The first-order chi connectivity index (χ1) is 8.70. The standard InChI is InChI=1S/C12H19N3O4/c1-12(2,10(17)19-5)13-6-8-7-14(3)11(18)15(4)9(8)16/h7,13H,6H2,1-5H3. The molecule has 0 aliphatic heterocycles. The van der Waals surface area contributed by atoms with Gasteiger partial charge in [-0.2, -0.15) is 0 Å². The molecule has 1 aromatic rings. The zero-order valence-corrected chi connectivity index (χ0v) is 11.8. The predicted octanol–water partition coefficient (Wildman–Crippen LogP) is -0.875. The Morgan fingerprint density at radius 3 is 2.47 bits per heavy atom. The molecule has 0 radical (unpaired) electrons. The Labute approximate surface area is 110 Å². The molecule has 0 amide bonds. The molecular weight excluding hydrogens is 250 g/mol. The van der Waals surface area contributed by atoms with Crippen molar-refractivity contribution in [2.45, 2.75) is 25.9 Å². The van der Waals surface area contributed by atoms with Gasteiger partial charge in [-0.3, -0.25) is 19.5 Å². The summed E-state index contributed by atoms with van der Waals surface area (Å²) in [6, 6.07) is 0. The first-order valence-corrected chi connectivity index (χ1v) is 5.79. The van der Waals surface area contributed by atoms with Gasteiger partial charge < -0.3 is 9.30 Å². The number of carbonyl (C=O) groups is 1. The van der Waals surface area contributed by atoms with Crippen LogP contribution in [0.15, 0.2) is 15.8 Å². The number of ether oxygens (including phenoxy) is 1. The van der Waals surface area contributed by atoms with E-state index in [1.165, 1.54) is 24.9 Å². The molecule has 0 fully saturated rings. The Bertz CT molecular complexity index is 598. The van der Waals surface area contributed by atoms with Gasteiger partial charge in [0.25, 0.3) is 5.56 Å². The van der Waals surface area contributed by atoms with E-state index in [2.05, 4.69) is 10.1 Å². The van der Waals surface area contributed by atoms with Crippen molar-refractivity contribution in [3.63, 3.8) is 0 Å². The molecule has 0 saturated heterocycles. The van der Waals surface area contributed by atoms with Crippen LogP contribution in [0, 0.1) is 0 Å². The van der Waals surface area contributed by atoms with E-state index in [1.54, 1.807) is 20.9 Å². The number of rotatable bonds is 4. The maximum absolute atomic E-state index is 11.9. The van der Waals surface area contributed by atoms with E-state index in [0.29, 0.717) is 5.56 Å². The molecule has 1 N–H and O–H groups in total. The van der Waals surface area contributed by atoms with E-state index < -0.39 is 11.5 Å². The van der Waals surface area contributed by atoms with Crippen LogP contribution in [0.25, 0.3) is 0 Å². The third-order valence-corrected chi connectivity index (χ3v) is 2.93. The topological polar surface area (TPSA) is 82.3 Å². The quantitative estimate of drug-likeness (QED) is 0.718. The molecule has 0 spiro atoms. The predicted molar refractivity (Wildman–Crippen MR) is 69.9 cm³/mol. The maximum Gasteiger partial charge on any atom is 0.330 e. The lowest BCUT2D eigenvalue weighted by atomic mass is 10.1. The summed E-state index contributed by atoms with van der Waals surface area (Å²) in [5.74, 6) is -0.422. The van der Waals surface area contributed by atoms with Crippen molar-refractivity contribution < 1.29 is 9.53 Å². The van der Waals surface area contributed by atoms with Crippen LogP contribution in [-0.2, 0) is 30.2 Å². The Hall–Kier alpha value is -1.89. The fraction of sp³-hybridized carbons (Fsp3) is 0.583. The van der Waals surface area contributed by atoms with E-state index in [1.807, 2.05) is 0 Å². The van der Waals surface area contributed by atoms with Gasteiger partial charge in [-0.05, 0) is 13.8 Å². The SMILES string of the molecule is COC(=O)C(C)(C)NCc1cn(C)c(=O)n(C)c1=O. The third kappa shape index (κ3) is 3.11. The highest BCUT2D eigenvalue weighted by molar-refractivity contribution is 5.79. The minimum absolute atomic E-state index is 0.170. The smallest absolute Gasteiger partial charge is 0.330 e. The molecule has 0 saturated carbocycles. The van der Waals surface area contributed by atoms with Gasteiger partial charge in [0.15, 0.2) is 0 Å². The molecule has 0 atom stereocenters. The summed E-state index contributed by atoms with van der Waals surface area (Å²) in [5.41, 5.74) is -1.27. The summed E-state index contributed by atoms with van der Waals surface area (Å²) in [7, 11) is 4.29. The molecule has 0 aliphatic rings. The van der Waals surface area contributed by atoms with Gasteiger partial charge in [0, 0.05) is 32.4 Å². The van der Waals surface area contributed by atoms with Crippen molar-refractivity contribution in [1.29, 1.82) is 0 Å². The average Bonchev–Trinajstić information content (AvgIpc) is 2.37. The molecule has 0 aromatic carbocycles. The van der Waals surface area contributed by atoms with Gasteiger partial charge in [-0.25, -0.2) is 4.79 Å². The first-order valence-electron chi connectivity index (χ1n) is 5.79.